The van der Waals surface area contributed by atoms with Gasteiger partial charge in [0, 0.05) is 0 Å². The zero-order valence-electron chi connectivity index (χ0n) is 9.26. The number of amides is 1. The summed E-state index contributed by atoms with van der Waals surface area (Å²) in [6.07, 6.45) is 4.25. The minimum absolute atomic E-state index is 0.239. The third kappa shape index (κ3) is 2.38. The molecule has 94 valence electrons. The van der Waals surface area contributed by atoms with Crippen LogP contribution in [-0.2, 0) is 0 Å². The second-order valence-corrected chi connectivity index (χ2v) is 4.03. The van der Waals surface area contributed by atoms with Gasteiger partial charge in [0.15, 0.2) is 10.8 Å². The van der Waals surface area contributed by atoms with Crippen LogP contribution in [0.5, 0.6) is 5.88 Å². The summed E-state index contributed by atoms with van der Waals surface area (Å²) >= 11 is 1.17. The fourth-order valence-electron chi connectivity index (χ4n) is 1.23. The number of aromatic nitrogens is 2. The lowest BCUT2D eigenvalue weighted by Gasteiger charge is -2.05. The number of hydrogen-bond acceptors (Lipinski definition) is 6. The summed E-state index contributed by atoms with van der Waals surface area (Å²) in [5, 5.41) is 12.1. The molecule has 0 aromatic carbocycles. The van der Waals surface area contributed by atoms with Crippen molar-refractivity contribution >= 4 is 23.4 Å². The molecule has 0 atom stereocenters. The summed E-state index contributed by atoms with van der Waals surface area (Å²) in [4.78, 5) is 29.4. The van der Waals surface area contributed by atoms with Gasteiger partial charge in [-0.1, -0.05) is 11.8 Å². The van der Waals surface area contributed by atoms with Crippen LogP contribution in [0.1, 0.15) is 10.4 Å². The van der Waals surface area contributed by atoms with E-state index in [0.29, 0.717) is 0 Å². The lowest BCUT2D eigenvalue weighted by Crippen LogP contribution is -2.20. The zero-order valence-corrected chi connectivity index (χ0v) is 10.1. The fourth-order valence-corrected chi connectivity index (χ4v) is 1.60. The molecule has 2 aromatic rings. The highest BCUT2D eigenvalue weighted by Gasteiger charge is 2.15. The van der Waals surface area contributed by atoms with Gasteiger partial charge < -0.3 is 14.8 Å². The number of carbonyl (C=O) groups is 1. The first kappa shape index (κ1) is 12.2. The van der Waals surface area contributed by atoms with E-state index in [1.165, 1.54) is 30.4 Å². The van der Waals surface area contributed by atoms with Crippen molar-refractivity contribution in [3.8, 4) is 5.88 Å². The quantitative estimate of drug-likeness (QED) is 0.566. The van der Waals surface area contributed by atoms with Gasteiger partial charge in [-0.15, -0.1) is 0 Å². The zero-order chi connectivity index (χ0) is 13.1. The van der Waals surface area contributed by atoms with E-state index < -0.39 is 17.3 Å². The Morgan fingerprint density at radius 1 is 1.61 bits per heavy atom. The van der Waals surface area contributed by atoms with Gasteiger partial charge in [0.05, 0.1) is 11.8 Å². The SMILES string of the molecule is CSc1nc(O)c(NC(=O)c2ccoc2)c(=O)[nH]1. The Bertz CT molecular complexity index is 621. The Morgan fingerprint density at radius 2 is 2.39 bits per heavy atom. The Labute approximate surface area is 105 Å². The molecule has 3 N–H and O–H groups in total. The maximum Gasteiger partial charge on any atom is 0.279 e. The average Bonchev–Trinajstić information content (AvgIpc) is 2.87. The largest absolute Gasteiger partial charge is 0.492 e. The van der Waals surface area contributed by atoms with Crippen molar-refractivity contribution in [2.24, 2.45) is 0 Å². The number of H-pyrrole nitrogens is 1. The molecule has 0 spiro atoms. The molecule has 2 rings (SSSR count). The Kier molecular flexibility index (Phi) is 3.38. The van der Waals surface area contributed by atoms with E-state index in [1.54, 1.807) is 6.26 Å². The molecule has 7 nitrogen and oxygen atoms in total. The van der Waals surface area contributed by atoms with Crippen molar-refractivity contribution in [3.05, 3.63) is 34.5 Å². The lowest BCUT2D eigenvalue weighted by atomic mass is 10.3. The highest BCUT2D eigenvalue weighted by atomic mass is 32.2. The average molecular weight is 267 g/mol. The van der Waals surface area contributed by atoms with Crippen LogP contribution in [0.2, 0.25) is 0 Å². The van der Waals surface area contributed by atoms with Crippen LogP contribution in [0.15, 0.2) is 33.0 Å². The molecule has 0 fully saturated rings. The van der Waals surface area contributed by atoms with E-state index >= 15 is 0 Å². The minimum atomic E-state index is -0.622. The van der Waals surface area contributed by atoms with Gasteiger partial charge in [0.1, 0.15) is 6.26 Å². The number of rotatable bonds is 3. The Morgan fingerprint density at radius 3 is 2.94 bits per heavy atom. The first-order valence-electron chi connectivity index (χ1n) is 4.82. The molecular formula is C10H9N3O4S. The van der Waals surface area contributed by atoms with Gasteiger partial charge in [-0.2, -0.15) is 4.98 Å². The predicted octanol–water partition coefficient (Wildman–Crippen LogP) is 1.04. The Balaban J connectivity index is 2.30. The first-order valence-corrected chi connectivity index (χ1v) is 6.05. The van der Waals surface area contributed by atoms with Crippen LogP contribution in [0, 0.1) is 0 Å². The molecule has 18 heavy (non-hydrogen) atoms. The topological polar surface area (TPSA) is 108 Å². The molecule has 0 radical (unpaired) electrons. The maximum atomic E-state index is 11.7. The number of aromatic hydroxyl groups is 1. The second-order valence-electron chi connectivity index (χ2n) is 3.24. The summed E-state index contributed by atoms with van der Waals surface area (Å²) in [7, 11) is 0. The van der Waals surface area contributed by atoms with Gasteiger partial charge in [-0.3, -0.25) is 14.6 Å². The number of hydrogen-bond donors (Lipinski definition) is 3. The van der Waals surface area contributed by atoms with Crippen molar-refractivity contribution in [2.45, 2.75) is 5.16 Å². The highest BCUT2D eigenvalue weighted by Crippen LogP contribution is 2.18. The molecule has 0 saturated carbocycles. The van der Waals surface area contributed by atoms with Gasteiger partial charge in [-0.05, 0) is 12.3 Å². The summed E-state index contributed by atoms with van der Waals surface area (Å²) in [6.45, 7) is 0. The van der Waals surface area contributed by atoms with E-state index in [0.717, 1.165) is 0 Å². The molecule has 0 unspecified atom stereocenters. The van der Waals surface area contributed by atoms with E-state index in [1.807, 2.05) is 0 Å². The fraction of sp³-hybridized carbons (Fsp3) is 0.100. The predicted molar refractivity (Wildman–Crippen MR) is 65.0 cm³/mol. The number of carbonyl (C=O) groups excluding carboxylic acids is 1. The van der Waals surface area contributed by atoms with Gasteiger partial charge in [0.25, 0.3) is 11.5 Å². The second kappa shape index (κ2) is 4.96. The number of furan rings is 1. The van der Waals surface area contributed by atoms with Crippen molar-refractivity contribution in [1.82, 2.24) is 9.97 Å². The molecule has 2 heterocycles. The molecule has 0 aliphatic heterocycles. The van der Waals surface area contributed by atoms with Gasteiger partial charge >= 0.3 is 0 Å². The first-order chi connectivity index (χ1) is 8.61. The number of thioether (sulfide) groups is 1. The van der Waals surface area contributed by atoms with Gasteiger partial charge in [-0.25, -0.2) is 0 Å². The molecular weight excluding hydrogens is 258 g/mol. The van der Waals surface area contributed by atoms with E-state index in [-0.39, 0.29) is 16.4 Å². The summed E-state index contributed by atoms with van der Waals surface area (Å²) in [5.74, 6) is -1.09. The van der Waals surface area contributed by atoms with Crippen molar-refractivity contribution < 1.29 is 14.3 Å². The molecule has 0 aliphatic rings. The molecule has 0 saturated heterocycles. The summed E-state index contributed by atoms with van der Waals surface area (Å²) < 4.78 is 4.74. The van der Waals surface area contributed by atoms with Crippen LogP contribution >= 0.6 is 11.8 Å². The van der Waals surface area contributed by atoms with Gasteiger partial charge in [0.2, 0.25) is 5.88 Å². The van der Waals surface area contributed by atoms with Crippen LogP contribution in [-0.4, -0.2) is 27.2 Å². The van der Waals surface area contributed by atoms with Crippen LogP contribution in [0.4, 0.5) is 5.69 Å². The van der Waals surface area contributed by atoms with Crippen LogP contribution in [0.3, 0.4) is 0 Å². The lowest BCUT2D eigenvalue weighted by molar-refractivity contribution is 0.102. The molecule has 8 heteroatoms. The van der Waals surface area contributed by atoms with E-state index in [9.17, 15) is 14.7 Å². The van der Waals surface area contributed by atoms with Crippen molar-refractivity contribution in [3.63, 3.8) is 0 Å². The highest BCUT2D eigenvalue weighted by molar-refractivity contribution is 7.98. The number of anilines is 1. The van der Waals surface area contributed by atoms with Crippen molar-refractivity contribution in [1.29, 1.82) is 0 Å². The normalized spacial score (nSPS) is 10.3. The molecule has 1 amide bonds. The monoisotopic (exact) mass is 267 g/mol. The molecule has 0 aliphatic carbocycles. The minimum Gasteiger partial charge on any atom is -0.492 e. The van der Waals surface area contributed by atoms with E-state index in [4.69, 9.17) is 4.42 Å². The van der Waals surface area contributed by atoms with E-state index in [2.05, 4.69) is 15.3 Å². The Hall–Kier alpha value is -2.22. The third-order valence-electron chi connectivity index (χ3n) is 2.09. The molecule has 2 aromatic heterocycles. The number of nitrogens with zero attached hydrogens (tertiary/aromatic N) is 1. The smallest absolute Gasteiger partial charge is 0.279 e. The third-order valence-corrected chi connectivity index (χ3v) is 2.67. The number of nitrogens with one attached hydrogen (secondary N) is 2. The molecule has 0 bridgehead atoms. The van der Waals surface area contributed by atoms with Crippen molar-refractivity contribution in [2.75, 3.05) is 11.6 Å². The summed E-state index contributed by atoms with van der Waals surface area (Å²) in [6, 6.07) is 1.43. The van der Waals surface area contributed by atoms with Crippen LogP contribution in [0.25, 0.3) is 0 Å². The summed E-state index contributed by atoms with van der Waals surface area (Å²) in [5.41, 5.74) is -0.676. The maximum absolute atomic E-state index is 11.7. The number of aromatic amines is 1. The standard InChI is InChI=1S/C10H9N3O4S/c1-18-10-12-8(15)6(9(16)13-10)11-7(14)5-2-3-17-4-5/h2-4H,1H3,(H,11,14)(H2,12,13,15,16). The van der Waals surface area contributed by atoms with Crippen LogP contribution < -0.4 is 10.9 Å².